The molecule has 0 radical (unpaired) electrons. The number of sulfonamides is 1. The molecule has 9 nitrogen and oxygen atoms in total. The third-order valence-electron chi connectivity index (χ3n) is 4.45. The van der Waals surface area contributed by atoms with Gasteiger partial charge < -0.3 is 9.47 Å². The van der Waals surface area contributed by atoms with Crippen LogP contribution in [0.4, 0.5) is 0 Å². The number of nitrogens with one attached hydrogen (secondary N) is 1. The van der Waals surface area contributed by atoms with Crippen molar-refractivity contribution in [1.29, 1.82) is 0 Å². The second-order valence-electron chi connectivity index (χ2n) is 6.42. The summed E-state index contributed by atoms with van der Waals surface area (Å²) < 4.78 is 38.3. The number of rotatable bonds is 8. The Morgan fingerprint density at radius 1 is 1.00 bits per heavy atom. The summed E-state index contributed by atoms with van der Waals surface area (Å²) in [6.45, 7) is 0.00234. The SMILES string of the molecule is COC(=O)c1ccc(S(=O)(=O)NCCn2nc(-c3ccc(OC)cc3)ccc2=O)cc1. The third kappa shape index (κ3) is 5.36. The molecule has 162 valence electrons. The Balaban J connectivity index is 1.69. The Morgan fingerprint density at radius 2 is 1.68 bits per heavy atom. The average Bonchev–Trinajstić information content (AvgIpc) is 2.80. The second kappa shape index (κ2) is 9.54. The van der Waals surface area contributed by atoms with E-state index in [-0.39, 0.29) is 29.1 Å². The van der Waals surface area contributed by atoms with E-state index >= 15 is 0 Å². The Hall–Kier alpha value is -3.50. The van der Waals surface area contributed by atoms with E-state index in [1.807, 2.05) is 12.1 Å². The van der Waals surface area contributed by atoms with Gasteiger partial charge in [-0.05, 0) is 54.6 Å². The second-order valence-corrected chi connectivity index (χ2v) is 8.19. The predicted molar refractivity (Wildman–Crippen MR) is 113 cm³/mol. The number of nitrogens with zero attached hydrogens (tertiary/aromatic N) is 2. The zero-order chi connectivity index (χ0) is 22.4. The van der Waals surface area contributed by atoms with E-state index in [0.717, 1.165) is 5.56 Å². The lowest BCUT2D eigenvalue weighted by Gasteiger charge is -2.10. The Bertz CT molecular complexity index is 1220. The van der Waals surface area contributed by atoms with Crippen molar-refractivity contribution in [3.8, 4) is 17.0 Å². The number of benzene rings is 2. The lowest BCUT2D eigenvalue weighted by molar-refractivity contribution is 0.0600. The topological polar surface area (TPSA) is 117 Å². The largest absolute Gasteiger partial charge is 0.497 e. The van der Waals surface area contributed by atoms with E-state index in [2.05, 4.69) is 14.6 Å². The van der Waals surface area contributed by atoms with Crippen molar-refractivity contribution in [1.82, 2.24) is 14.5 Å². The third-order valence-corrected chi connectivity index (χ3v) is 5.93. The molecule has 0 bridgehead atoms. The van der Waals surface area contributed by atoms with Gasteiger partial charge in [-0.25, -0.2) is 22.6 Å². The summed E-state index contributed by atoms with van der Waals surface area (Å²) in [5.74, 6) is 0.144. The molecule has 0 unspecified atom stereocenters. The molecule has 31 heavy (non-hydrogen) atoms. The lowest BCUT2D eigenvalue weighted by atomic mass is 10.1. The number of esters is 1. The molecule has 1 N–H and O–H groups in total. The molecule has 3 aromatic rings. The van der Waals surface area contributed by atoms with Crippen LogP contribution in [0.25, 0.3) is 11.3 Å². The van der Waals surface area contributed by atoms with Gasteiger partial charge in [0.25, 0.3) is 5.56 Å². The fraction of sp³-hybridized carbons (Fsp3) is 0.190. The number of carbonyl (C=O) groups excluding carboxylic acids is 1. The highest BCUT2D eigenvalue weighted by atomic mass is 32.2. The van der Waals surface area contributed by atoms with Crippen LogP contribution in [0.5, 0.6) is 5.75 Å². The van der Waals surface area contributed by atoms with Crippen molar-refractivity contribution >= 4 is 16.0 Å². The highest BCUT2D eigenvalue weighted by Gasteiger charge is 2.15. The zero-order valence-electron chi connectivity index (χ0n) is 16.9. The van der Waals surface area contributed by atoms with E-state index in [0.29, 0.717) is 11.4 Å². The normalized spacial score (nSPS) is 11.2. The Kier molecular flexibility index (Phi) is 6.83. The summed E-state index contributed by atoms with van der Waals surface area (Å²) in [5, 5.41) is 4.31. The maximum Gasteiger partial charge on any atom is 0.337 e. The van der Waals surface area contributed by atoms with Gasteiger partial charge in [-0.1, -0.05) is 0 Å². The number of ether oxygens (including phenoxy) is 2. The summed E-state index contributed by atoms with van der Waals surface area (Å²) in [5.41, 5.74) is 1.26. The van der Waals surface area contributed by atoms with Crippen LogP contribution in [0, 0.1) is 0 Å². The predicted octanol–water partition coefficient (Wildman–Crippen LogP) is 1.68. The summed E-state index contributed by atoms with van der Waals surface area (Å²) >= 11 is 0. The van der Waals surface area contributed by atoms with Crippen molar-refractivity contribution in [3.05, 3.63) is 76.6 Å². The van der Waals surface area contributed by atoms with Crippen LogP contribution in [-0.4, -0.2) is 44.9 Å². The van der Waals surface area contributed by atoms with Crippen molar-refractivity contribution in [2.24, 2.45) is 0 Å². The monoisotopic (exact) mass is 443 g/mol. The molecular formula is C21H21N3O6S. The van der Waals surface area contributed by atoms with E-state index in [1.165, 1.54) is 42.1 Å². The van der Waals surface area contributed by atoms with E-state index in [1.54, 1.807) is 25.3 Å². The molecule has 10 heteroatoms. The summed E-state index contributed by atoms with van der Waals surface area (Å²) in [6.07, 6.45) is 0. The van der Waals surface area contributed by atoms with E-state index in [9.17, 15) is 18.0 Å². The highest BCUT2D eigenvalue weighted by Crippen LogP contribution is 2.19. The van der Waals surface area contributed by atoms with Crippen LogP contribution in [-0.2, 0) is 21.3 Å². The fourth-order valence-corrected chi connectivity index (χ4v) is 3.80. The summed E-state index contributed by atoms with van der Waals surface area (Å²) in [7, 11) is -1.01. The van der Waals surface area contributed by atoms with Crippen molar-refractivity contribution in [2.45, 2.75) is 11.4 Å². The van der Waals surface area contributed by atoms with Gasteiger partial charge in [0.1, 0.15) is 5.75 Å². The van der Waals surface area contributed by atoms with Gasteiger partial charge in [-0.15, -0.1) is 0 Å². The van der Waals surface area contributed by atoms with Crippen LogP contribution in [0.15, 0.2) is 70.4 Å². The van der Waals surface area contributed by atoms with Gasteiger partial charge in [0.2, 0.25) is 10.0 Å². The van der Waals surface area contributed by atoms with Gasteiger partial charge in [-0.2, -0.15) is 5.10 Å². The van der Waals surface area contributed by atoms with Crippen molar-refractivity contribution < 1.29 is 22.7 Å². The molecule has 0 aliphatic carbocycles. The summed E-state index contributed by atoms with van der Waals surface area (Å²) in [4.78, 5) is 23.6. The van der Waals surface area contributed by atoms with Gasteiger partial charge in [0.15, 0.2) is 0 Å². The standard InChI is InChI=1S/C21H21N3O6S/c1-29-17-7-3-15(4-8-17)19-11-12-20(25)24(23-19)14-13-22-31(27,28)18-9-5-16(6-10-18)21(26)30-2/h3-12,22H,13-14H2,1-2H3. The molecule has 0 spiro atoms. The molecule has 1 aromatic heterocycles. The fourth-order valence-electron chi connectivity index (χ4n) is 2.78. The molecular weight excluding hydrogens is 422 g/mol. The van der Waals surface area contributed by atoms with Crippen LogP contribution in [0.1, 0.15) is 10.4 Å². The van der Waals surface area contributed by atoms with Crippen LogP contribution >= 0.6 is 0 Å². The molecule has 0 aliphatic rings. The van der Waals surface area contributed by atoms with Crippen molar-refractivity contribution in [2.75, 3.05) is 20.8 Å². The molecule has 0 amide bonds. The lowest BCUT2D eigenvalue weighted by Crippen LogP contribution is -2.32. The van der Waals surface area contributed by atoms with E-state index in [4.69, 9.17) is 4.74 Å². The average molecular weight is 443 g/mol. The highest BCUT2D eigenvalue weighted by molar-refractivity contribution is 7.89. The maximum atomic E-state index is 12.5. The smallest absolute Gasteiger partial charge is 0.337 e. The van der Waals surface area contributed by atoms with Gasteiger partial charge in [-0.3, -0.25) is 4.79 Å². The molecule has 0 saturated heterocycles. The number of carbonyl (C=O) groups is 1. The minimum Gasteiger partial charge on any atom is -0.497 e. The van der Waals surface area contributed by atoms with Crippen molar-refractivity contribution in [3.63, 3.8) is 0 Å². The van der Waals surface area contributed by atoms with Gasteiger partial charge in [0, 0.05) is 18.2 Å². The Morgan fingerprint density at radius 3 is 2.29 bits per heavy atom. The number of methoxy groups -OCH3 is 2. The number of aromatic nitrogens is 2. The molecule has 0 aliphatic heterocycles. The molecule has 2 aromatic carbocycles. The quantitative estimate of drug-likeness (QED) is 0.527. The maximum absolute atomic E-state index is 12.5. The molecule has 0 fully saturated rings. The Labute approximate surface area is 179 Å². The van der Waals surface area contributed by atoms with Crippen LogP contribution in [0.3, 0.4) is 0 Å². The van der Waals surface area contributed by atoms with E-state index < -0.39 is 16.0 Å². The minimum atomic E-state index is -3.82. The first-order valence-electron chi connectivity index (χ1n) is 9.24. The molecule has 0 atom stereocenters. The first kappa shape index (κ1) is 22.2. The van der Waals surface area contributed by atoms with Gasteiger partial charge in [0.05, 0.1) is 36.9 Å². The van der Waals surface area contributed by atoms with Crippen LogP contribution < -0.4 is 15.0 Å². The first-order valence-corrected chi connectivity index (χ1v) is 10.7. The number of hydrogen-bond acceptors (Lipinski definition) is 7. The van der Waals surface area contributed by atoms with Crippen LogP contribution in [0.2, 0.25) is 0 Å². The minimum absolute atomic E-state index is 0.00700. The molecule has 3 rings (SSSR count). The zero-order valence-corrected chi connectivity index (χ0v) is 17.8. The first-order chi connectivity index (χ1) is 14.8. The number of hydrogen-bond donors (Lipinski definition) is 1. The molecule has 0 saturated carbocycles. The van der Waals surface area contributed by atoms with Gasteiger partial charge >= 0.3 is 5.97 Å². The molecule has 1 heterocycles. The summed E-state index contributed by atoms with van der Waals surface area (Å²) in [6, 6.07) is 15.5.